The topological polar surface area (TPSA) is 75.2 Å². The molecule has 9 heteroatoms. The summed E-state index contributed by atoms with van der Waals surface area (Å²) >= 11 is 0. The number of amides is 1. The van der Waals surface area contributed by atoms with E-state index >= 15 is 0 Å². The lowest BCUT2D eigenvalue weighted by molar-refractivity contribution is 0.00578. The summed E-state index contributed by atoms with van der Waals surface area (Å²) in [6.45, 7) is 16.6. The van der Waals surface area contributed by atoms with Crippen LogP contribution in [0.2, 0.25) is 0 Å². The molecule has 202 valence electrons. The number of benzene rings is 2. The van der Waals surface area contributed by atoms with Crippen LogP contribution in [0.3, 0.4) is 0 Å². The molecule has 1 N–H and O–H groups in total. The van der Waals surface area contributed by atoms with Crippen molar-refractivity contribution in [1.29, 1.82) is 0 Å². The summed E-state index contributed by atoms with van der Waals surface area (Å²) in [7, 11) is -1.04. The summed E-state index contributed by atoms with van der Waals surface area (Å²) < 4.78 is 30.3. The minimum atomic E-state index is -0.614. The minimum Gasteiger partial charge on any atom is -0.445 e. The van der Waals surface area contributed by atoms with E-state index in [0.29, 0.717) is 0 Å². The Morgan fingerprint density at radius 3 is 1.87 bits per heavy atom. The summed E-state index contributed by atoms with van der Waals surface area (Å²) in [5, 5.41) is 2.85. The van der Waals surface area contributed by atoms with Crippen LogP contribution in [-0.4, -0.2) is 49.3 Å². The van der Waals surface area contributed by atoms with E-state index in [9.17, 15) is 4.79 Å². The van der Waals surface area contributed by atoms with Crippen LogP contribution in [0.25, 0.3) is 6.08 Å². The van der Waals surface area contributed by atoms with Crippen molar-refractivity contribution in [3.05, 3.63) is 71.2 Å². The Balaban J connectivity index is 1.48. The molecule has 0 saturated carbocycles. The van der Waals surface area contributed by atoms with Crippen LogP contribution >= 0.6 is 0 Å². The first-order chi connectivity index (χ1) is 17.7. The lowest BCUT2D eigenvalue weighted by atomic mass is 9.76. The fraction of sp³-hybridized carbons (Fsp3) is 0.483. The number of alkyl carbamates (subject to hydrolysis) is 1. The molecule has 2 saturated heterocycles. The molecule has 7 nitrogen and oxygen atoms in total. The number of ether oxygens (including phenoxy) is 1. The third kappa shape index (κ3) is 6.18. The van der Waals surface area contributed by atoms with Crippen LogP contribution in [0.5, 0.6) is 0 Å². The van der Waals surface area contributed by atoms with Crippen molar-refractivity contribution in [2.45, 2.75) is 84.4 Å². The van der Waals surface area contributed by atoms with Gasteiger partial charge < -0.3 is 28.7 Å². The highest BCUT2D eigenvalue weighted by atomic mass is 16.7. The molecule has 38 heavy (non-hydrogen) atoms. The number of carbonyl (C=O) groups is 1. The highest BCUT2D eigenvalue weighted by Crippen LogP contribution is 2.39. The Bertz CT molecular complexity index is 1130. The summed E-state index contributed by atoms with van der Waals surface area (Å²) in [6.07, 6.45) is 1.47. The van der Waals surface area contributed by atoms with Crippen molar-refractivity contribution in [2.75, 3.05) is 6.54 Å². The zero-order chi connectivity index (χ0) is 27.8. The van der Waals surface area contributed by atoms with E-state index in [0.717, 1.165) is 22.1 Å². The van der Waals surface area contributed by atoms with Crippen molar-refractivity contribution < 1.29 is 28.1 Å². The molecule has 0 aliphatic carbocycles. The normalized spacial score (nSPS) is 21.4. The fourth-order valence-corrected chi connectivity index (χ4v) is 4.09. The lowest BCUT2D eigenvalue weighted by Gasteiger charge is -2.32. The van der Waals surface area contributed by atoms with Gasteiger partial charge in [0.2, 0.25) is 0 Å². The van der Waals surface area contributed by atoms with Gasteiger partial charge in [-0.1, -0.05) is 60.7 Å². The van der Waals surface area contributed by atoms with Crippen molar-refractivity contribution in [3.8, 4) is 0 Å². The molecule has 0 unspecified atom stereocenters. The van der Waals surface area contributed by atoms with Gasteiger partial charge in [0.15, 0.2) is 0 Å². The van der Waals surface area contributed by atoms with Gasteiger partial charge in [-0.05, 0) is 77.5 Å². The fourth-order valence-electron chi connectivity index (χ4n) is 4.09. The Morgan fingerprint density at radius 2 is 1.32 bits per heavy atom. The van der Waals surface area contributed by atoms with Gasteiger partial charge in [0.05, 0.1) is 22.4 Å². The molecule has 2 aliphatic rings. The van der Waals surface area contributed by atoms with Gasteiger partial charge in [-0.15, -0.1) is 0 Å². The number of nitrogens with one attached hydrogen (secondary N) is 1. The third-order valence-electron chi connectivity index (χ3n) is 8.02. The molecular formula is C29H39B2NO6. The molecule has 4 rings (SSSR count). The Labute approximate surface area is 227 Å². The van der Waals surface area contributed by atoms with Crippen LogP contribution < -0.4 is 10.8 Å². The average Bonchev–Trinajstić information content (AvgIpc) is 3.20. The summed E-state index contributed by atoms with van der Waals surface area (Å²) in [4.78, 5) is 12.5. The average molecular weight is 519 g/mol. The quantitative estimate of drug-likeness (QED) is 0.524. The number of rotatable bonds is 7. The first-order valence-corrected chi connectivity index (χ1v) is 13.2. The smallest absolute Gasteiger partial charge is 0.445 e. The molecule has 0 aromatic heterocycles. The molecule has 2 heterocycles. The number of hydrogen-bond donors (Lipinski definition) is 1. The van der Waals surface area contributed by atoms with E-state index in [1.807, 2.05) is 116 Å². The van der Waals surface area contributed by atoms with E-state index in [4.69, 9.17) is 23.4 Å². The Hall–Kier alpha value is -2.58. The van der Waals surface area contributed by atoms with Crippen LogP contribution in [0.15, 0.2) is 60.1 Å². The molecule has 0 bridgehead atoms. The van der Waals surface area contributed by atoms with E-state index < -0.39 is 42.7 Å². The van der Waals surface area contributed by atoms with Gasteiger partial charge >= 0.3 is 20.3 Å². The maximum absolute atomic E-state index is 12.5. The molecule has 0 radical (unpaired) electrons. The monoisotopic (exact) mass is 519 g/mol. The SMILES string of the molecule is CC1(C)OB(C(=Cc2ccc(B3OC(C)(C)C(C)(C)O3)cc2)CNC(=O)OCc2ccccc2)OC1(C)C. The highest BCUT2D eigenvalue weighted by molar-refractivity contribution is 6.62. The minimum absolute atomic E-state index is 0.197. The van der Waals surface area contributed by atoms with Gasteiger partial charge in [-0.25, -0.2) is 4.79 Å². The predicted molar refractivity (Wildman–Crippen MR) is 151 cm³/mol. The Morgan fingerprint density at radius 1 is 0.789 bits per heavy atom. The zero-order valence-corrected chi connectivity index (χ0v) is 23.8. The summed E-state index contributed by atoms with van der Waals surface area (Å²) in [5.74, 6) is 0. The molecule has 2 aromatic rings. The molecule has 2 fully saturated rings. The summed E-state index contributed by atoms with van der Waals surface area (Å²) in [6, 6.07) is 17.6. The van der Waals surface area contributed by atoms with Crippen molar-refractivity contribution in [3.63, 3.8) is 0 Å². The van der Waals surface area contributed by atoms with Gasteiger partial charge in [-0.3, -0.25) is 0 Å². The van der Waals surface area contributed by atoms with E-state index in [2.05, 4.69) is 5.32 Å². The molecule has 2 aromatic carbocycles. The second-order valence-corrected chi connectivity index (χ2v) is 12.0. The molecule has 2 aliphatic heterocycles. The molecule has 0 spiro atoms. The van der Waals surface area contributed by atoms with Crippen LogP contribution in [-0.2, 0) is 30.0 Å². The van der Waals surface area contributed by atoms with Crippen LogP contribution in [0.1, 0.15) is 66.5 Å². The number of hydrogen-bond acceptors (Lipinski definition) is 6. The molecular weight excluding hydrogens is 480 g/mol. The number of carbonyl (C=O) groups excluding carboxylic acids is 1. The Kier molecular flexibility index (Phi) is 7.88. The molecule has 0 atom stereocenters. The standard InChI is InChI=1S/C29H39B2NO6/c1-26(2)27(3,4)36-30(35-26)23-16-14-21(15-17-23)18-24(31-37-28(5,6)29(7,8)38-31)19-32-25(33)34-20-22-12-10-9-11-13-22/h9-18H,19-20H2,1-8H3,(H,32,33). The van der Waals surface area contributed by atoms with Gasteiger partial charge in [0, 0.05) is 6.54 Å². The second-order valence-electron chi connectivity index (χ2n) is 12.0. The van der Waals surface area contributed by atoms with Gasteiger partial charge in [0.25, 0.3) is 0 Å². The van der Waals surface area contributed by atoms with Crippen molar-refractivity contribution >= 4 is 31.9 Å². The van der Waals surface area contributed by atoms with Crippen molar-refractivity contribution in [2.24, 2.45) is 0 Å². The van der Waals surface area contributed by atoms with E-state index in [1.165, 1.54) is 0 Å². The largest absolute Gasteiger partial charge is 0.494 e. The van der Waals surface area contributed by atoms with E-state index in [1.54, 1.807) is 0 Å². The first-order valence-electron chi connectivity index (χ1n) is 13.2. The maximum atomic E-state index is 12.5. The maximum Gasteiger partial charge on any atom is 0.494 e. The van der Waals surface area contributed by atoms with E-state index in [-0.39, 0.29) is 13.2 Å². The second kappa shape index (κ2) is 10.5. The van der Waals surface area contributed by atoms with Gasteiger partial charge in [0.1, 0.15) is 6.61 Å². The third-order valence-corrected chi connectivity index (χ3v) is 8.02. The predicted octanol–water partition coefficient (Wildman–Crippen LogP) is 4.93. The zero-order valence-electron chi connectivity index (χ0n) is 23.8. The first kappa shape index (κ1) is 28.4. The lowest BCUT2D eigenvalue weighted by Crippen LogP contribution is -2.41. The highest BCUT2D eigenvalue weighted by Gasteiger charge is 2.53. The van der Waals surface area contributed by atoms with Crippen molar-refractivity contribution in [1.82, 2.24) is 5.32 Å². The molecule has 1 amide bonds. The van der Waals surface area contributed by atoms with Gasteiger partial charge in [-0.2, -0.15) is 0 Å². The van der Waals surface area contributed by atoms with Crippen LogP contribution in [0.4, 0.5) is 4.79 Å². The summed E-state index contributed by atoms with van der Waals surface area (Å²) in [5.41, 5.74) is 1.77. The van der Waals surface area contributed by atoms with Crippen LogP contribution in [0, 0.1) is 0 Å².